The summed E-state index contributed by atoms with van der Waals surface area (Å²) in [6.45, 7) is 18.2. The Labute approximate surface area is 163 Å². The molecule has 25 heavy (non-hydrogen) atoms. The van der Waals surface area contributed by atoms with Gasteiger partial charge in [-0.25, -0.2) is 0 Å². The van der Waals surface area contributed by atoms with Crippen LogP contribution in [-0.2, 0) is 4.74 Å². The summed E-state index contributed by atoms with van der Waals surface area (Å²) in [5, 5.41) is 9.80. The average molecular weight is 463 g/mol. The van der Waals surface area contributed by atoms with Crippen LogP contribution in [0.3, 0.4) is 0 Å². The van der Waals surface area contributed by atoms with Crippen LogP contribution in [0.15, 0.2) is 0 Å². The van der Waals surface area contributed by atoms with Crippen molar-refractivity contribution in [3.63, 3.8) is 0 Å². The molecule has 152 valence electrons. The van der Waals surface area contributed by atoms with Crippen LogP contribution in [0.5, 0.6) is 0 Å². The van der Waals surface area contributed by atoms with E-state index >= 15 is 0 Å². The van der Waals surface area contributed by atoms with Crippen molar-refractivity contribution in [1.29, 1.82) is 0 Å². The SMILES string of the molecule is CCC[CH2][Sn]([CH2]CCC)([CH2]CCC)[C@@H](O[C@H](C)C[C@@H](C)O)C(C)(C)C. The van der Waals surface area contributed by atoms with Gasteiger partial charge >= 0.3 is 164 Å². The molecule has 0 bridgehead atoms. The summed E-state index contributed by atoms with van der Waals surface area (Å²) in [4.78, 5) is 0. The molecule has 0 radical (unpaired) electrons. The number of aliphatic hydroxyl groups is 1. The molecular weight excluding hydrogens is 415 g/mol. The third-order valence-corrected chi connectivity index (χ3v) is 23.1. The van der Waals surface area contributed by atoms with E-state index < -0.39 is 18.4 Å². The van der Waals surface area contributed by atoms with Crippen molar-refractivity contribution in [2.75, 3.05) is 0 Å². The molecule has 0 heterocycles. The van der Waals surface area contributed by atoms with E-state index in [1.54, 1.807) is 0 Å². The third-order valence-electron chi connectivity index (χ3n) is 5.47. The van der Waals surface area contributed by atoms with Gasteiger partial charge in [-0.3, -0.25) is 0 Å². The van der Waals surface area contributed by atoms with Gasteiger partial charge < -0.3 is 0 Å². The zero-order chi connectivity index (χ0) is 19.5. The third kappa shape index (κ3) is 10.0. The molecule has 2 nitrogen and oxygen atoms in total. The summed E-state index contributed by atoms with van der Waals surface area (Å²) >= 11 is -2.47. The molecule has 0 aliphatic heterocycles. The molecule has 0 saturated carbocycles. The number of ether oxygens (including phenoxy) is 1. The molecule has 1 N–H and O–H groups in total. The van der Waals surface area contributed by atoms with Gasteiger partial charge in [-0.05, 0) is 0 Å². The zero-order valence-corrected chi connectivity index (χ0v) is 21.5. The predicted molar refractivity (Wildman–Crippen MR) is 115 cm³/mol. The standard InChI is InChI=1S/C10H21O2.3C4H9.Sn/c1-8(11)6-9(2)12-7-10(3,4)5;3*1-3-4-2;/h7-9,11H,6H2,1-5H3;3*1,3-4H2,2H3;/t8-,9-;;;;/m1..../s1. The van der Waals surface area contributed by atoms with Crippen LogP contribution in [0, 0.1) is 5.41 Å². The first-order valence-electron chi connectivity index (χ1n) is 11.0. The Kier molecular flexibility index (Phi) is 13.4. The van der Waals surface area contributed by atoms with Crippen molar-refractivity contribution >= 4 is 18.4 Å². The van der Waals surface area contributed by atoms with E-state index in [2.05, 4.69) is 48.5 Å². The van der Waals surface area contributed by atoms with E-state index in [-0.39, 0.29) is 17.6 Å². The van der Waals surface area contributed by atoms with Crippen LogP contribution in [0.4, 0.5) is 0 Å². The van der Waals surface area contributed by atoms with Crippen LogP contribution < -0.4 is 0 Å². The molecule has 3 heteroatoms. The maximum atomic E-state index is 9.80. The average Bonchev–Trinajstić information content (AvgIpc) is 2.51. The number of hydrogen-bond donors (Lipinski definition) is 1. The van der Waals surface area contributed by atoms with Crippen LogP contribution >= 0.6 is 0 Å². The predicted octanol–water partition coefficient (Wildman–Crippen LogP) is 6.97. The number of hydrogen-bond acceptors (Lipinski definition) is 2. The summed E-state index contributed by atoms with van der Waals surface area (Å²) < 4.78 is 11.7. The molecule has 0 rings (SSSR count). The van der Waals surface area contributed by atoms with Gasteiger partial charge in [0.05, 0.1) is 0 Å². The number of rotatable bonds is 14. The topological polar surface area (TPSA) is 29.5 Å². The monoisotopic (exact) mass is 464 g/mol. The van der Waals surface area contributed by atoms with Crippen molar-refractivity contribution in [2.24, 2.45) is 5.41 Å². The Morgan fingerprint density at radius 1 is 0.840 bits per heavy atom. The van der Waals surface area contributed by atoms with Crippen LogP contribution in [0.25, 0.3) is 0 Å². The minimum atomic E-state index is -2.47. The zero-order valence-electron chi connectivity index (χ0n) is 18.7. The van der Waals surface area contributed by atoms with Crippen molar-refractivity contribution in [2.45, 2.75) is 130 Å². The van der Waals surface area contributed by atoms with Gasteiger partial charge in [0.25, 0.3) is 0 Å². The Bertz CT molecular complexity index is 301. The second-order valence-corrected chi connectivity index (χ2v) is 23.0. The van der Waals surface area contributed by atoms with E-state index in [0.29, 0.717) is 4.12 Å². The summed E-state index contributed by atoms with van der Waals surface area (Å²) in [6, 6.07) is 0. The first-order valence-corrected chi connectivity index (χ1v) is 18.7. The molecule has 0 aromatic carbocycles. The van der Waals surface area contributed by atoms with Crippen molar-refractivity contribution < 1.29 is 9.84 Å². The summed E-state index contributed by atoms with van der Waals surface area (Å²) in [6.07, 6.45) is 8.68. The van der Waals surface area contributed by atoms with Gasteiger partial charge in [0, 0.05) is 0 Å². The minimum absolute atomic E-state index is 0.158. The van der Waals surface area contributed by atoms with Crippen molar-refractivity contribution in [3.05, 3.63) is 0 Å². The van der Waals surface area contributed by atoms with Crippen LogP contribution in [-0.4, -0.2) is 39.8 Å². The second kappa shape index (κ2) is 13.0. The van der Waals surface area contributed by atoms with Gasteiger partial charge in [0.2, 0.25) is 0 Å². The molecule has 0 aliphatic carbocycles. The fourth-order valence-electron chi connectivity index (χ4n) is 4.39. The first kappa shape index (κ1) is 25.7. The van der Waals surface area contributed by atoms with Crippen LogP contribution in [0.2, 0.25) is 13.3 Å². The molecule has 0 amide bonds. The Balaban J connectivity index is 5.65. The quantitative estimate of drug-likeness (QED) is 0.282. The Morgan fingerprint density at radius 2 is 1.24 bits per heavy atom. The number of aliphatic hydroxyl groups excluding tert-OH is 1. The van der Waals surface area contributed by atoms with E-state index in [9.17, 15) is 5.11 Å². The van der Waals surface area contributed by atoms with Crippen molar-refractivity contribution in [1.82, 2.24) is 0 Å². The maximum absolute atomic E-state index is 9.80. The fourth-order valence-corrected chi connectivity index (χ4v) is 24.6. The Hall–Kier alpha value is 0.719. The molecule has 0 aliphatic rings. The van der Waals surface area contributed by atoms with E-state index in [1.807, 2.05) is 6.92 Å². The van der Waals surface area contributed by atoms with Gasteiger partial charge in [-0.15, -0.1) is 0 Å². The number of unbranched alkanes of at least 4 members (excludes halogenated alkanes) is 3. The molecule has 0 fully saturated rings. The summed E-state index contributed by atoms with van der Waals surface area (Å²) in [7, 11) is 0. The molecule has 0 aromatic rings. The molecule has 0 spiro atoms. The Morgan fingerprint density at radius 3 is 1.52 bits per heavy atom. The van der Waals surface area contributed by atoms with E-state index in [1.165, 1.54) is 51.8 Å². The summed E-state index contributed by atoms with van der Waals surface area (Å²) in [5.74, 6) is 0. The normalized spacial score (nSPS) is 16.7. The van der Waals surface area contributed by atoms with E-state index in [4.69, 9.17) is 4.74 Å². The van der Waals surface area contributed by atoms with Crippen LogP contribution in [0.1, 0.15) is 100 Å². The second-order valence-electron chi connectivity index (χ2n) is 9.45. The summed E-state index contributed by atoms with van der Waals surface area (Å²) in [5.41, 5.74) is 0.207. The molecule has 3 atom stereocenters. The van der Waals surface area contributed by atoms with Gasteiger partial charge in [-0.2, -0.15) is 0 Å². The molecule has 0 aromatic heterocycles. The van der Waals surface area contributed by atoms with Crippen molar-refractivity contribution in [3.8, 4) is 0 Å². The first-order chi connectivity index (χ1) is 11.6. The fraction of sp³-hybridized carbons (Fsp3) is 1.00. The van der Waals surface area contributed by atoms with E-state index in [0.717, 1.165) is 6.42 Å². The van der Waals surface area contributed by atoms with Gasteiger partial charge in [-0.1, -0.05) is 0 Å². The molecule has 0 unspecified atom stereocenters. The van der Waals surface area contributed by atoms with Gasteiger partial charge in [0.1, 0.15) is 0 Å². The molecular formula is C22H48O2Sn. The van der Waals surface area contributed by atoms with Gasteiger partial charge in [0.15, 0.2) is 0 Å². The molecule has 0 saturated heterocycles.